The average molecular weight is 1860 g/mol. The second-order valence-corrected chi connectivity index (χ2v) is 46.2. The van der Waals surface area contributed by atoms with E-state index in [4.69, 9.17) is 18.9 Å². The highest BCUT2D eigenvalue weighted by Crippen LogP contribution is 2.73. The molecule has 16 aliphatic rings. The number of alkyl halides is 1. The van der Waals surface area contributed by atoms with Gasteiger partial charge in [-0.3, -0.25) is 23.9 Å². The number of hydrogen-bond donors (Lipinski definition) is 5. The van der Waals surface area contributed by atoms with Crippen LogP contribution in [0.1, 0.15) is 311 Å². The SMILES string of the molecule is C.C.C.C.COC[C@]12CC[C@@H](O)C[C@@H]1CC[C@H]1[C@@H]3CC[C@H](C(=O)CBr)[C@@]3(C)CC[C@@H]12.COC[C@]12CC[C@@H](O)C[C@@H]1CC[C@H]1[C@@H]3CC[C@H](C(=O)Cn4cc(C)cn4)[C@@]3(C)CC[C@@H]12.COC[C@]12CC[C@@H](O)C[C@@H]1CC[C@H]1[C@@H]3CC[C@H](C(=O)Cn4cc(C)nn4)[C@@]3(C)CC[C@@H]12.COC[C@]12CC[C@@H](O)C[C@@H]1CC[C@H]1[C@@H]3CC[C@H](C(=O)Cn4nncc4C)[C@@]3(C)CC[C@@H]12.Cc1cn[nH]n1. The van der Waals surface area contributed by atoms with Gasteiger partial charge < -0.3 is 39.4 Å². The monoisotopic (exact) mass is 1860 g/mol. The summed E-state index contributed by atoms with van der Waals surface area (Å²) in [6, 6.07) is 0. The van der Waals surface area contributed by atoms with Crippen molar-refractivity contribution >= 4 is 39.1 Å². The van der Waals surface area contributed by atoms with Crippen LogP contribution in [0.15, 0.2) is 31.0 Å². The number of halogens is 1. The first-order chi connectivity index (χ1) is 60.0. The van der Waals surface area contributed by atoms with Crippen LogP contribution >= 0.6 is 15.9 Å². The van der Waals surface area contributed by atoms with E-state index in [-0.39, 0.29) is 121 Å². The van der Waals surface area contributed by atoms with E-state index in [0.29, 0.717) is 131 Å². The number of nitrogens with one attached hydrogen (secondary N) is 1. The molecule has 0 amide bonds. The Hall–Kier alpha value is -4.53. The summed E-state index contributed by atoms with van der Waals surface area (Å²) in [4.78, 5) is 52.7. The van der Waals surface area contributed by atoms with Crippen molar-refractivity contribution in [2.45, 2.75) is 360 Å². The summed E-state index contributed by atoms with van der Waals surface area (Å²) in [6.07, 6.45) is 49.1. The quantitative estimate of drug-likeness (QED) is 0.0545. The summed E-state index contributed by atoms with van der Waals surface area (Å²) < 4.78 is 28.6. The molecule has 16 fully saturated rings. The van der Waals surface area contributed by atoms with Crippen molar-refractivity contribution in [2.24, 2.45) is 162 Å². The minimum Gasteiger partial charge on any atom is -0.393 e. The minimum atomic E-state index is -0.130. The lowest BCUT2D eigenvalue weighted by molar-refractivity contribution is -0.161. The first-order valence-electron chi connectivity index (χ1n) is 49.9. The molecule has 16 saturated carbocycles. The van der Waals surface area contributed by atoms with Crippen LogP contribution in [-0.2, 0) is 57.8 Å². The van der Waals surface area contributed by atoms with Gasteiger partial charge in [-0.2, -0.15) is 20.5 Å². The number of rotatable bonds is 19. The predicted octanol–water partition coefficient (Wildman–Crippen LogP) is 19.3. The zero-order chi connectivity index (χ0) is 88.3. The maximum Gasteiger partial charge on any atom is 0.157 e. The molecule has 0 aromatic carbocycles. The number of fused-ring (bicyclic) bond motifs is 20. The van der Waals surface area contributed by atoms with Crippen molar-refractivity contribution in [1.29, 1.82) is 0 Å². The van der Waals surface area contributed by atoms with Crippen LogP contribution in [0, 0.1) is 189 Å². The summed E-state index contributed by atoms with van der Waals surface area (Å²) in [5.74, 6) is 12.9. The Balaban J connectivity index is 0.000000151. The van der Waals surface area contributed by atoms with Gasteiger partial charge in [-0.1, -0.05) is 83.8 Å². The molecule has 16 aliphatic carbocycles. The van der Waals surface area contributed by atoms with Gasteiger partial charge in [-0.05, 0) is 402 Å². The van der Waals surface area contributed by atoms with Crippen molar-refractivity contribution in [3.63, 3.8) is 0 Å². The molecule has 4 aromatic rings. The van der Waals surface area contributed by atoms with Crippen LogP contribution in [0.4, 0.5) is 0 Å². The van der Waals surface area contributed by atoms with Gasteiger partial charge >= 0.3 is 0 Å². The molecule has 23 nitrogen and oxygen atoms in total. The average Bonchev–Trinajstić information content (AvgIpc) is 1.61. The third-order valence-corrected chi connectivity index (χ3v) is 40.9. The van der Waals surface area contributed by atoms with Gasteiger partial charge in [-0.15, -0.1) is 10.2 Å². The molecule has 24 heteroatoms. The van der Waals surface area contributed by atoms with E-state index in [0.717, 1.165) is 183 Å². The fourth-order valence-electron chi connectivity index (χ4n) is 35.1. The zero-order valence-corrected chi connectivity index (χ0v) is 79.8. The number of aliphatic hydroxyl groups is 4. The molecular formula is C105H174BrN11O12. The van der Waals surface area contributed by atoms with E-state index in [2.05, 4.69) is 84.8 Å². The van der Waals surface area contributed by atoms with E-state index in [1.165, 1.54) is 109 Å². The standard InChI is InChI=1S/C26H40N2O3.2C25H39N3O3.C22H35BrO3.C3H5N3.4CH4/c1-17-13-27-28(14-17)15-24(30)23-7-6-21-20-5-4-18-12-19(29)8-11-26(18,16-31-3)22(20)9-10-25(21,23)2;1-16-13-28(27-26-16)14-23(30)22-7-6-20-19-5-4-17-12-18(29)8-11-25(17,15-31-3)21(19)9-10-24(20,22)2;1-16-13-26-27-28(16)14-23(30)22-7-6-20-19-5-4-17-12-18(29)8-11-25(17,15-31-3)21(19)9-10-24(20,22)2;1-21-9-8-18-16(17(21)5-6-19(21)20(25)12-23)4-3-14-11-15(24)7-10-22(14,18)13-26-2;1-3-2-4-6-5-3;;;;/h13-14,18-23,29H,4-12,15-16H2,1-3H3;2*13,17-22,29H,4-12,14-15H2,1-3H3;14-19,24H,3-13H2,1-2H3;2H,1H3,(H,4,5,6);4*1H4/t18-,19+,20-,21-,22-,23+,25-,26+;2*17-,18+,19-,20-,21-,22+,24-,25+;14-,15+,16-,17-,18-,19+,21-,22+;;;;;/m0000...../s1. The number of methoxy groups -OCH3 is 4. The van der Waals surface area contributed by atoms with Crippen LogP contribution in [-0.4, -0.2) is 183 Å². The maximum absolute atomic E-state index is 13.4. The van der Waals surface area contributed by atoms with Crippen LogP contribution < -0.4 is 0 Å². The number of carbonyl (C=O) groups excluding carboxylic acids is 4. The van der Waals surface area contributed by atoms with E-state index in [1.54, 1.807) is 21.8 Å². The number of hydrogen-bond acceptors (Lipinski definition) is 19. The number of nitrogens with zero attached hydrogens (tertiary/aromatic N) is 10. The highest BCUT2D eigenvalue weighted by Gasteiger charge is 2.68. The van der Waals surface area contributed by atoms with Gasteiger partial charge in [0.2, 0.25) is 0 Å². The highest BCUT2D eigenvalue weighted by atomic mass is 79.9. The Kier molecular flexibility index (Phi) is 33.8. The maximum atomic E-state index is 13.4. The fraction of sp³-hybridized carbons (Fsp3) is 0.876. The summed E-state index contributed by atoms with van der Waals surface area (Å²) in [7, 11) is 7.41. The van der Waals surface area contributed by atoms with Gasteiger partial charge in [0, 0.05) is 64.5 Å². The second kappa shape index (κ2) is 42.2. The number of aromatic amines is 1. The Labute approximate surface area is 784 Å². The van der Waals surface area contributed by atoms with Crippen LogP contribution in [0.2, 0.25) is 0 Å². The molecule has 20 rings (SSSR count). The molecule has 0 radical (unpaired) electrons. The van der Waals surface area contributed by atoms with Crippen LogP contribution in [0.25, 0.3) is 0 Å². The topological polar surface area (TPSA) is 307 Å². The molecule has 0 spiro atoms. The van der Waals surface area contributed by atoms with Crippen molar-refractivity contribution in [2.75, 3.05) is 60.2 Å². The van der Waals surface area contributed by atoms with Crippen molar-refractivity contribution in [1.82, 2.24) is 55.2 Å². The number of carbonyl (C=O) groups is 4. The van der Waals surface area contributed by atoms with Crippen molar-refractivity contribution in [3.05, 3.63) is 53.6 Å². The molecule has 0 saturated heterocycles. The molecule has 129 heavy (non-hydrogen) atoms. The van der Waals surface area contributed by atoms with Gasteiger partial charge in [0.1, 0.15) is 18.9 Å². The van der Waals surface area contributed by atoms with E-state index < -0.39 is 0 Å². The number of H-pyrrole nitrogens is 1. The Morgan fingerprint density at radius 3 is 1.01 bits per heavy atom. The number of ketones is 4. The van der Waals surface area contributed by atoms with Crippen molar-refractivity contribution < 1.29 is 58.6 Å². The highest BCUT2D eigenvalue weighted by molar-refractivity contribution is 9.09. The summed E-state index contributed by atoms with van der Waals surface area (Å²) in [5.41, 5.74) is 5.41. The Morgan fingerprint density at radius 1 is 0.395 bits per heavy atom. The molecule has 728 valence electrons. The minimum absolute atomic E-state index is 0. The molecule has 5 N–H and O–H groups in total. The van der Waals surface area contributed by atoms with Crippen molar-refractivity contribution in [3.8, 4) is 0 Å². The molecule has 32 atom stereocenters. The predicted molar refractivity (Wildman–Crippen MR) is 508 cm³/mol. The van der Waals surface area contributed by atoms with E-state index in [1.807, 2.05) is 79.4 Å². The number of aryl methyl sites for hydroxylation is 4. The lowest BCUT2D eigenvalue weighted by atomic mass is 9.44. The van der Waals surface area contributed by atoms with Gasteiger partial charge in [0.15, 0.2) is 17.3 Å². The lowest BCUT2D eigenvalue weighted by Crippen LogP contribution is -2.57. The third-order valence-electron chi connectivity index (χ3n) is 40.4. The van der Waals surface area contributed by atoms with E-state index in [9.17, 15) is 39.6 Å². The fourth-order valence-corrected chi connectivity index (χ4v) is 35.5. The summed E-state index contributed by atoms with van der Waals surface area (Å²) >= 11 is 3.42. The van der Waals surface area contributed by atoms with Gasteiger partial charge in [-0.25, -0.2) is 9.36 Å². The number of ether oxygens (including phenoxy) is 4. The summed E-state index contributed by atoms with van der Waals surface area (Å²) in [6.45, 7) is 22.0. The number of aromatic nitrogens is 11. The molecule has 4 aromatic heterocycles. The molecule has 0 unspecified atom stereocenters. The zero-order valence-electron chi connectivity index (χ0n) is 78.3. The van der Waals surface area contributed by atoms with Gasteiger partial charge in [0.25, 0.3) is 0 Å². The molecule has 0 bridgehead atoms. The third kappa shape index (κ3) is 19.1. The largest absolute Gasteiger partial charge is 0.393 e. The second-order valence-electron chi connectivity index (χ2n) is 45.6. The van der Waals surface area contributed by atoms with Crippen LogP contribution in [0.5, 0.6) is 0 Å². The molecular weight excluding hydrogens is 1690 g/mol. The molecule has 0 aliphatic heterocycles. The number of aliphatic hydroxyl groups excluding tert-OH is 4. The van der Waals surface area contributed by atoms with Gasteiger partial charge in [0.05, 0.1) is 98.4 Å². The summed E-state index contributed by atoms with van der Waals surface area (Å²) in [5, 5.41) is 72.1. The van der Waals surface area contributed by atoms with E-state index >= 15 is 0 Å². The van der Waals surface area contributed by atoms with Crippen LogP contribution in [0.3, 0.4) is 0 Å². The lowest BCUT2D eigenvalue weighted by Gasteiger charge is -2.61. The Bertz CT molecular complexity index is 4180. The first kappa shape index (κ1) is 103. The molecule has 4 heterocycles. The first-order valence-corrected chi connectivity index (χ1v) is 51.0. The Morgan fingerprint density at radius 2 is 0.736 bits per heavy atom. The number of Topliss-reactive ketones (excluding diaryl/α,β-unsaturated/α-hetero) is 4. The smallest absolute Gasteiger partial charge is 0.157 e. The normalized spacial score (nSPS) is 42.6.